The Kier molecular flexibility index (Phi) is 4.21. The van der Waals surface area contributed by atoms with Gasteiger partial charge in [-0.1, -0.05) is 19.3 Å². The van der Waals surface area contributed by atoms with Gasteiger partial charge in [-0.05, 0) is 37.0 Å². The standard InChI is InChI=1S/C19H24FNO3/c20-12-6-7-16-13(8-12)17-14(10-24-16)18(17)19(23)21-15(9-22)11-4-2-1-3-5-11/h6-8,11,14-15,17-18,22H,1-5,9-10H2,(H,21,23)/t14?,15-,17?,18?/m0/s1. The molecule has 4 atom stereocenters. The summed E-state index contributed by atoms with van der Waals surface area (Å²) >= 11 is 0. The van der Waals surface area contributed by atoms with Crippen molar-refractivity contribution in [1.82, 2.24) is 5.32 Å². The van der Waals surface area contributed by atoms with E-state index in [0.717, 1.165) is 18.4 Å². The van der Waals surface area contributed by atoms with Gasteiger partial charge in [0.1, 0.15) is 11.6 Å². The quantitative estimate of drug-likeness (QED) is 0.890. The summed E-state index contributed by atoms with van der Waals surface area (Å²) in [7, 11) is 0. The van der Waals surface area contributed by atoms with E-state index < -0.39 is 0 Å². The highest BCUT2D eigenvalue weighted by Crippen LogP contribution is 2.59. The molecule has 24 heavy (non-hydrogen) atoms. The molecule has 0 saturated heterocycles. The van der Waals surface area contributed by atoms with Crippen LogP contribution in [-0.4, -0.2) is 30.3 Å². The number of hydrogen-bond acceptors (Lipinski definition) is 3. The smallest absolute Gasteiger partial charge is 0.224 e. The van der Waals surface area contributed by atoms with E-state index in [1.165, 1.54) is 31.4 Å². The summed E-state index contributed by atoms with van der Waals surface area (Å²) in [4.78, 5) is 12.7. The van der Waals surface area contributed by atoms with Crippen LogP contribution in [0.5, 0.6) is 5.75 Å². The summed E-state index contributed by atoms with van der Waals surface area (Å²) in [6.45, 7) is 0.495. The fourth-order valence-corrected chi connectivity index (χ4v) is 4.59. The minimum Gasteiger partial charge on any atom is -0.493 e. The predicted octanol–water partition coefficient (Wildman–Crippen LogP) is 2.61. The Morgan fingerprint density at radius 1 is 1.33 bits per heavy atom. The SMILES string of the molecule is O=C(N[C@@H](CO)C1CCCCC1)C1C2COc3ccc(F)cc3C21. The van der Waals surface area contributed by atoms with Gasteiger partial charge in [-0.3, -0.25) is 4.79 Å². The zero-order chi connectivity index (χ0) is 16.7. The highest BCUT2D eigenvalue weighted by molar-refractivity contribution is 5.84. The lowest BCUT2D eigenvalue weighted by Gasteiger charge is -2.29. The number of carbonyl (C=O) groups is 1. The number of aliphatic hydroxyl groups excluding tert-OH is 1. The summed E-state index contributed by atoms with van der Waals surface area (Å²) < 4.78 is 19.2. The van der Waals surface area contributed by atoms with Gasteiger partial charge in [-0.15, -0.1) is 0 Å². The Bertz CT molecular complexity index is 629. The Balaban J connectivity index is 1.44. The number of carbonyl (C=O) groups excluding carboxylic acids is 1. The van der Waals surface area contributed by atoms with Gasteiger partial charge in [-0.2, -0.15) is 0 Å². The van der Waals surface area contributed by atoms with Gasteiger partial charge < -0.3 is 15.2 Å². The minimum atomic E-state index is -0.292. The van der Waals surface area contributed by atoms with E-state index in [1.807, 2.05) is 0 Å². The van der Waals surface area contributed by atoms with Crippen molar-refractivity contribution in [2.75, 3.05) is 13.2 Å². The molecule has 5 heteroatoms. The number of benzene rings is 1. The first-order valence-corrected chi connectivity index (χ1v) is 9.02. The van der Waals surface area contributed by atoms with E-state index in [2.05, 4.69) is 5.32 Å². The average molecular weight is 333 g/mol. The molecular formula is C19H24FNO3. The molecule has 4 rings (SSSR count). The minimum absolute atomic E-state index is 0.0137. The zero-order valence-corrected chi connectivity index (χ0v) is 13.7. The topological polar surface area (TPSA) is 58.6 Å². The normalized spacial score (nSPS) is 29.8. The van der Waals surface area contributed by atoms with Crippen molar-refractivity contribution in [3.8, 4) is 5.75 Å². The number of ether oxygens (including phenoxy) is 1. The van der Waals surface area contributed by atoms with Gasteiger partial charge in [0.25, 0.3) is 0 Å². The van der Waals surface area contributed by atoms with Crippen LogP contribution in [0, 0.1) is 23.6 Å². The lowest BCUT2D eigenvalue weighted by atomic mass is 9.84. The molecule has 1 aromatic carbocycles. The number of nitrogens with one attached hydrogen (secondary N) is 1. The molecule has 0 spiro atoms. The summed E-state index contributed by atoms with van der Waals surface area (Å²) in [6.07, 6.45) is 5.73. The van der Waals surface area contributed by atoms with Crippen molar-refractivity contribution in [3.05, 3.63) is 29.6 Å². The van der Waals surface area contributed by atoms with Crippen LogP contribution < -0.4 is 10.1 Å². The van der Waals surface area contributed by atoms with E-state index in [-0.39, 0.29) is 42.1 Å². The molecule has 0 radical (unpaired) electrons. The highest BCUT2D eigenvalue weighted by Gasteiger charge is 2.58. The predicted molar refractivity (Wildman–Crippen MR) is 87.2 cm³/mol. The second-order valence-electron chi connectivity index (χ2n) is 7.40. The number of rotatable bonds is 4. The molecule has 0 bridgehead atoms. The molecule has 4 nitrogen and oxygen atoms in total. The van der Waals surface area contributed by atoms with Crippen LogP contribution in [0.25, 0.3) is 0 Å². The second-order valence-corrected chi connectivity index (χ2v) is 7.40. The molecular weight excluding hydrogens is 309 g/mol. The van der Waals surface area contributed by atoms with Crippen LogP contribution >= 0.6 is 0 Å². The highest BCUT2D eigenvalue weighted by atomic mass is 19.1. The molecule has 2 aliphatic carbocycles. The van der Waals surface area contributed by atoms with Crippen molar-refractivity contribution in [1.29, 1.82) is 0 Å². The van der Waals surface area contributed by atoms with Crippen LogP contribution in [-0.2, 0) is 4.79 Å². The van der Waals surface area contributed by atoms with Crippen LogP contribution in [0.1, 0.15) is 43.6 Å². The maximum atomic E-state index is 13.5. The molecule has 130 valence electrons. The molecule has 1 aromatic rings. The van der Waals surface area contributed by atoms with Gasteiger partial charge >= 0.3 is 0 Å². The Morgan fingerprint density at radius 3 is 2.88 bits per heavy atom. The number of hydrogen-bond donors (Lipinski definition) is 2. The lowest BCUT2D eigenvalue weighted by Crippen LogP contribution is -2.44. The molecule has 1 heterocycles. The Labute approximate surface area is 141 Å². The molecule has 1 aliphatic heterocycles. The zero-order valence-electron chi connectivity index (χ0n) is 13.7. The third-order valence-corrected chi connectivity index (χ3v) is 5.98. The first-order valence-electron chi connectivity index (χ1n) is 9.02. The van der Waals surface area contributed by atoms with Gasteiger partial charge in [0, 0.05) is 17.4 Å². The van der Waals surface area contributed by atoms with Crippen LogP contribution in [0.15, 0.2) is 18.2 Å². The third-order valence-electron chi connectivity index (χ3n) is 5.98. The summed E-state index contributed by atoms with van der Waals surface area (Å²) in [5.74, 6) is 0.772. The Morgan fingerprint density at radius 2 is 2.12 bits per heavy atom. The molecule has 3 unspecified atom stereocenters. The molecule has 0 aromatic heterocycles. The van der Waals surface area contributed by atoms with Crippen LogP contribution in [0.2, 0.25) is 0 Å². The van der Waals surface area contributed by atoms with Crippen LogP contribution in [0.4, 0.5) is 4.39 Å². The van der Waals surface area contributed by atoms with Crippen LogP contribution in [0.3, 0.4) is 0 Å². The molecule has 2 fully saturated rings. The van der Waals surface area contributed by atoms with Gasteiger partial charge in [0.05, 0.1) is 25.2 Å². The molecule has 3 aliphatic rings. The van der Waals surface area contributed by atoms with Crippen molar-refractivity contribution in [3.63, 3.8) is 0 Å². The molecule has 1 amide bonds. The number of amides is 1. The lowest BCUT2D eigenvalue weighted by molar-refractivity contribution is -0.124. The van der Waals surface area contributed by atoms with E-state index in [1.54, 1.807) is 6.07 Å². The summed E-state index contributed by atoms with van der Waals surface area (Å²) in [5.41, 5.74) is 0.810. The number of aliphatic hydroxyl groups is 1. The van der Waals surface area contributed by atoms with Crippen molar-refractivity contribution in [2.24, 2.45) is 17.8 Å². The second kappa shape index (κ2) is 6.36. The van der Waals surface area contributed by atoms with Gasteiger partial charge in [-0.25, -0.2) is 4.39 Å². The molecule has 2 saturated carbocycles. The molecule has 2 N–H and O–H groups in total. The first-order chi connectivity index (χ1) is 11.7. The third kappa shape index (κ3) is 2.79. The maximum Gasteiger partial charge on any atom is 0.224 e. The largest absolute Gasteiger partial charge is 0.493 e. The number of halogens is 1. The summed E-state index contributed by atoms with van der Waals surface area (Å²) in [5, 5.41) is 12.8. The van der Waals surface area contributed by atoms with E-state index >= 15 is 0 Å². The van der Waals surface area contributed by atoms with Gasteiger partial charge in [0.15, 0.2) is 0 Å². The van der Waals surface area contributed by atoms with E-state index in [0.29, 0.717) is 18.3 Å². The van der Waals surface area contributed by atoms with Gasteiger partial charge in [0.2, 0.25) is 5.91 Å². The fourth-order valence-electron chi connectivity index (χ4n) is 4.59. The summed E-state index contributed by atoms with van der Waals surface area (Å²) in [6, 6.07) is 4.37. The van der Waals surface area contributed by atoms with Crippen molar-refractivity contribution >= 4 is 5.91 Å². The monoisotopic (exact) mass is 333 g/mol. The fraction of sp³-hybridized carbons (Fsp3) is 0.632. The van der Waals surface area contributed by atoms with E-state index in [4.69, 9.17) is 4.74 Å². The Hall–Kier alpha value is -1.62. The first kappa shape index (κ1) is 15.9. The van der Waals surface area contributed by atoms with E-state index in [9.17, 15) is 14.3 Å². The van der Waals surface area contributed by atoms with Crippen molar-refractivity contribution < 1.29 is 19.0 Å². The van der Waals surface area contributed by atoms with Crippen molar-refractivity contribution in [2.45, 2.75) is 44.1 Å². The average Bonchev–Trinajstić information content (AvgIpc) is 3.35. The number of fused-ring (bicyclic) bond motifs is 3. The maximum absolute atomic E-state index is 13.5.